The van der Waals surface area contributed by atoms with Crippen molar-refractivity contribution < 1.29 is 27.4 Å². The number of hydrogen-bond acceptors (Lipinski definition) is 5. The third kappa shape index (κ3) is 5.54. The largest absolute Gasteiger partial charge is 0.457 e. The Bertz CT molecular complexity index is 1090. The van der Waals surface area contributed by atoms with Gasteiger partial charge in [0.1, 0.15) is 23.9 Å². The van der Waals surface area contributed by atoms with Crippen molar-refractivity contribution >= 4 is 17.6 Å². The Kier molecular flexibility index (Phi) is 6.39. The number of ether oxygens (including phenoxy) is 2. The third-order valence-electron chi connectivity index (χ3n) is 5.26. The lowest BCUT2D eigenvalue weighted by Crippen LogP contribution is -2.34. The fourth-order valence-electron chi connectivity index (χ4n) is 3.54. The van der Waals surface area contributed by atoms with Crippen LogP contribution < -0.4 is 10.1 Å². The average Bonchev–Trinajstić information content (AvgIpc) is 3.15. The van der Waals surface area contributed by atoms with Crippen molar-refractivity contribution in [1.29, 1.82) is 0 Å². The molecule has 0 bridgehead atoms. The van der Waals surface area contributed by atoms with Gasteiger partial charge in [0.05, 0.1) is 11.6 Å². The lowest BCUT2D eigenvalue weighted by atomic mass is 10.1. The molecule has 0 aliphatic carbocycles. The monoisotopic (exact) mass is 457 g/mol. The second-order valence-electron chi connectivity index (χ2n) is 7.55. The highest BCUT2D eigenvalue weighted by molar-refractivity contribution is 5.70. The SMILES string of the molecule is CCN1C(=O)OCC1Cc1ccc(Oc2ccc(Nc3ccc(C(F)(F)F)cn3)cc2)cc1. The molecular weight excluding hydrogens is 435 g/mol. The van der Waals surface area contributed by atoms with Crippen LogP contribution >= 0.6 is 0 Å². The molecule has 0 saturated carbocycles. The summed E-state index contributed by atoms with van der Waals surface area (Å²) in [6, 6.07) is 16.9. The first-order valence-corrected chi connectivity index (χ1v) is 10.4. The van der Waals surface area contributed by atoms with Gasteiger partial charge in [-0.1, -0.05) is 12.1 Å². The van der Waals surface area contributed by atoms with Crippen molar-refractivity contribution in [3.63, 3.8) is 0 Å². The quantitative estimate of drug-likeness (QED) is 0.470. The summed E-state index contributed by atoms with van der Waals surface area (Å²) in [6.07, 6.45) is -3.18. The fraction of sp³-hybridized carbons (Fsp3) is 0.250. The van der Waals surface area contributed by atoms with Crippen molar-refractivity contribution in [3.05, 3.63) is 78.0 Å². The number of anilines is 2. The summed E-state index contributed by atoms with van der Waals surface area (Å²) in [5, 5.41) is 2.95. The van der Waals surface area contributed by atoms with Crippen molar-refractivity contribution in [3.8, 4) is 11.5 Å². The topological polar surface area (TPSA) is 63.7 Å². The Morgan fingerprint density at radius 3 is 2.30 bits per heavy atom. The molecule has 3 aromatic rings. The molecule has 0 radical (unpaired) electrons. The summed E-state index contributed by atoms with van der Waals surface area (Å²) in [7, 11) is 0. The first-order chi connectivity index (χ1) is 15.8. The highest BCUT2D eigenvalue weighted by Gasteiger charge is 2.31. The van der Waals surface area contributed by atoms with Gasteiger partial charge in [0.15, 0.2) is 0 Å². The molecule has 2 aromatic carbocycles. The normalized spacial score (nSPS) is 15.9. The first kappa shape index (κ1) is 22.4. The van der Waals surface area contributed by atoms with Crippen LogP contribution in [0.1, 0.15) is 18.1 Å². The van der Waals surface area contributed by atoms with Crippen LogP contribution in [0.4, 0.5) is 29.5 Å². The van der Waals surface area contributed by atoms with E-state index in [1.54, 1.807) is 29.2 Å². The van der Waals surface area contributed by atoms with Gasteiger partial charge < -0.3 is 19.7 Å². The molecule has 1 aromatic heterocycles. The van der Waals surface area contributed by atoms with Crippen LogP contribution in [0.15, 0.2) is 66.9 Å². The number of carbonyl (C=O) groups excluding carboxylic acids is 1. The summed E-state index contributed by atoms with van der Waals surface area (Å²) < 4.78 is 48.9. The van der Waals surface area contributed by atoms with E-state index in [1.807, 2.05) is 31.2 Å². The minimum atomic E-state index is -4.41. The summed E-state index contributed by atoms with van der Waals surface area (Å²) in [5.74, 6) is 1.58. The van der Waals surface area contributed by atoms with E-state index in [0.29, 0.717) is 42.6 Å². The van der Waals surface area contributed by atoms with E-state index in [0.717, 1.165) is 17.8 Å². The van der Waals surface area contributed by atoms with Crippen LogP contribution in [0.25, 0.3) is 0 Å². The third-order valence-corrected chi connectivity index (χ3v) is 5.26. The van der Waals surface area contributed by atoms with Gasteiger partial charge in [-0.3, -0.25) is 0 Å². The maximum atomic E-state index is 12.6. The van der Waals surface area contributed by atoms with Crippen molar-refractivity contribution in [1.82, 2.24) is 9.88 Å². The molecule has 1 unspecified atom stereocenters. The van der Waals surface area contributed by atoms with Gasteiger partial charge in [0.25, 0.3) is 0 Å². The number of cyclic esters (lactones) is 1. The lowest BCUT2D eigenvalue weighted by Gasteiger charge is -2.19. The van der Waals surface area contributed by atoms with Gasteiger partial charge in [0, 0.05) is 18.4 Å². The fourth-order valence-corrected chi connectivity index (χ4v) is 3.54. The minimum Gasteiger partial charge on any atom is -0.457 e. The molecule has 9 heteroatoms. The number of hydrogen-bond donors (Lipinski definition) is 1. The predicted molar refractivity (Wildman–Crippen MR) is 117 cm³/mol. The Hall–Kier alpha value is -3.75. The molecule has 6 nitrogen and oxygen atoms in total. The molecule has 0 spiro atoms. The number of halogens is 3. The van der Waals surface area contributed by atoms with Crippen LogP contribution in [0.5, 0.6) is 11.5 Å². The van der Waals surface area contributed by atoms with Gasteiger partial charge in [-0.2, -0.15) is 13.2 Å². The van der Waals surface area contributed by atoms with Gasteiger partial charge >= 0.3 is 12.3 Å². The zero-order chi connectivity index (χ0) is 23.4. The minimum absolute atomic E-state index is 0.0356. The summed E-state index contributed by atoms with van der Waals surface area (Å²) in [6.45, 7) is 2.94. The predicted octanol–water partition coefficient (Wildman–Crippen LogP) is 6.02. The lowest BCUT2D eigenvalue weighted by molar-refractivity contribution is -0.137. The van der Waals surface area contributed by atoms with Gasteiger partial charge in [-0.05, 0) is 67.4 Å². The standard InChI is InChI=1S/C24H22F3N3O3/c1-2-30-19(15-32-23(30)31)13-16-3-8-20(9-4-16)33-21-10-6-18(7-11-21)29-22-12-5-17(14-28-22)24(25,26)27/h3-12,14,19H,2,13,15H2,1H3,(H,28,29). The van der Waals surface area contributed by atoms with E-state index in [4.69, 9.17) is 9.47 Å². The Morgan fingerprint density at radius 1 is 1.06 bits per heavy atom. The maximum absolute atomic E-state index is 12.6. The Labute approximate surface area is 189 Å². The number of pyridine rings is 1. The Morgan fingerprint density at radius 2 is 1.73 bits per heavy atom. The highest BCUT2D eigenvalue weighted by atomic mass is 19.4. The zero-order valence-corrected chi connectivity index (χ0v) is 17.8. The molecule has 1 aliphatic heterocycles. The summed E-state index contributed by atoms with van der Waals surface area (Å²) in [5.41, 5.74) is 0.946. The number of carbonyl (C=O) groups is 1. The summed E-state index contributed by atoms with van der Waals surface area (Å²) >= 11 is 0. The van der Waals surface area contributed by atoms with Crippen molar-refractivity contribution in [2.45, 2.75) is 25.6 Å². The number of benzene rings is 2. The number of nitrogens with zero attached hydrogens (tertiary/aromatic N) is 2. The van der Waals surface area contributed by atoms with Crippen LogP contribution in [0.3, 0.4) is 0 Å². The van der Waals surface area contributed by atoms with Crippen LogP contribution in [-0.4, -0.2) is 35.2 Å². The number of amides is 1. The van der Waals surface area contributed by atoms with E-state index in [9.17, 15) is 18.0 Å². The molecule has 33 heavy (non-hydrogen) atoms. The van der Waals surface area contributed by atoms with E-state index in [1.165, 1.54) is 6.07 Å². The second-order valence-corrected chi connectivity index (χ2v) is 7.55. The highest BCUT2D eigenvalue weighted by Crippen LogP contribution is 2.30. The molecule has 1 amide bonds. The number of rotatable bonds is 7. The van der Waals surface area contributed by atoms with Crippen LogP contribution in [0.2, 0.25) is 0 Å². The Balaban J connectivity index is 1.33. The van der Waals surface area contributed by atoms with Crippen molar-refractivity contribution in [2.24, 2.45) is 0 Å². The molecule has 1 N–H and O–H groups in total. The molecule has 1 atom stereocenters. The van der Waals surface area contributed by atoms with Crippen LogP contribution in [0, 0.1) is 0 Å². The van der Waals surface area contributed by atoms with Crippen LogP contribution in [-0.2, 0) is 17.3 Å². The smallest absolute Gasteiger partial charge is 0.417 e. The van der Waals surface area contributed by atoms with E-state index in [-0.39, 0.29) is 12.1 Å². The number of alkyl halides is 3. The molecule has 1 saturated heterocycles. The molecule has 1 aliphatic rings. The molecule has 1 fully saturated rings. The number of likely N-dealkylation sites (N-methyl/N-ethyl adjacent to an activating group) is 1. The molecule has 2 heterocycles. The molecule has 172 valence electrons. The second kappa shape index (κ2) is 9.40. The first-order valence-electron chi connectivity index (χ1n) is 10.4. The zero-order valence-electron chi connectivity index (χ0n) is 17.8. The van der Waals surface area contributed by atoms with Gasteiger partial charge in [0.2, 0.25) is 0 Å². The summed E-state index contributed by atoms with van der Waals surface area (Å²) in [4.78, 5) is 17.2. The van der Waals surface area contributed by atoms with E-state index < -0.39 is 11.7 Å². The van der Waals surface area contributed by atoms with E-state index >= 15 is 0 Å². The number of nitrogens with one attached hydrogen (secondary N) is 1. The van der Waals surface area contributed by atoms with Crippen molar-refractivity contribution in [2.75, 3.05) is 18.5 Å². The van der Waals surface area contributed by atoms with Gasteiger partial charge in [-0.15, -0.1) is 0 Å². The maximum Gasteiger partial charge on any atom is 0.417 e. The number of aromatic nitrogens is 1. The average molecular weight is 457 g/mol. The van der Waals surface area contributed by atoms with Gasteiger partial charge in [-0.25, -0.2) is 9.78 Å². The molecule has 4 rings (SSSR count). The van der Waals surface area contributed by atoms with E-state index in [2.05, 4.69) is 10.3 Å². The molecular formula is C24H22F3N3O3.